The monoisotopic (exact) mass is 493 g/mol. The first kappa shape index (κ1) is 23.3. The molecule has 186 valence electrons. The number of aromatic nitrogens is 2. The van der Waals surface area contributed by atoms with Crippen LogP contribution in [0, 0.1) is 13.8 Å². The number of cyclic esters (lactones) is 1. The average Bonchev–Trinajstić information content (AvgIpc) is 3.17. The van der Waals surface area contributed by atoms with Crippen molar-refractivity contribution in [2.24, 2.45) is 4.99 Å². The molecule has 4 aromatic rings. The Hall–Kier alpha value is -4.10. The van der Waals surface area contributed by atoms with E-state index in [0.717, 1.165) is 38.8 Å². The van der Waals surface area contributed by atoms with Crippen LogP contribution in [0.2, 0.25) is 0 Å². The van der Waals surface area contributed by atoms with Crippen molar-refractivity contribution < 1.29 is 14.6 Å². The van der Waals surface area contributed by atoms with E-state index in [0.29, 0.717) is 29.1 Å². The minimum Gasteiger partial charge on any atom is -0.460 e. The third-order valence-electron chi connectivity index (χ3n) is 7.45. The average molecular weight is 494 g/mol. The van der Waals surface area contributed by atoms with Crippen LogP contribution in [-0.4, -0.2) is 26.8 Å². The zero-order chi connectivity index (χ0) is 25.9. The Morgan fingerprint density at radius 3 is 2.62 bits per heavy atom. The van der Waals surface area contributed by atoms with Gasteiger partial charge in [0, 0.05) is 22.7 Å². The van der Waals surface area contributed by atoms with E-state index in [9.17, 15) is 14.7 Å². The van der Waals surface area contributed by atoms with Crippen molar-refractivity contribution in [1.82, 2.24) is 9.55 Å². The lowest BCUT2D eigenvalue weighted by Gasteiger charge is -2.26. The molecule has 0 amide bonds. The number of hydrogen-bond acceptors (Lipinski definition) is 6. The highest BCUT2D eigenvalue weighted by molar-refractivity contribution is 6.03. The number of pyridine rings is 2. The highest BCUT2D eigenvalue weighted by Gasteiger charge is 2.39. The number of aliphatic imine (C=N–C) groups is 1. The number of fused-ring (bicyclic) bond motifs is 5. The predicted molar refractivity (Wildman–Crippen MR) is 142 cm³/mol. The van der Waals surface area contributed by atoms with Gasteiger partial charge in [0.05, 0.1) is 41.1 Å². The Labute approximate surface area is 214 Å². The molecule has 2 aromatic heterocycles. The topological polar surface area (TPSA) is 93.8 Å². The van der Waals surface area contributed by atoms with Crippen molar-refractivity contribution >= 4 is 28.8 Å². The Bertz CT molecular complexity index is 1680. The molecule has 0 spiro atoms. The van der Waals surface area contributed by atoms with E-state index in [4.69, 9.17) is 14.7 Å². The zero-order valence-electron chi connectivity index (χ0n) is 21.0. The minimum atomic E-state index is -1.47. The van der Waals surface area contributed by atoms with E-state index in [1.807, 2.05) is 62.5 Å². The van der Waals surface area contributed by atoms with Crippen molar-refractivity contribution in [3.63, 3.8) is 0 Å². The summed E-state index contributed by atoms with van der Waals surface area (Å²) in [5, 5.41) is 12.3. The van der Waals surface area contributed by atoms with Crippen LogP contribution in [0.15, 0.2) is 58.3 Å². The number of nitrogens with zero attached hydrogens (tertiary/aromatic N) is 3. The molecule has 0 saturated carbocycles. The lowest BCUT2D eigenvalue weighted by molar-refractivity contribution is -0.149. The molecule has 6 rings (SSSR count). The zero-order valence-corrected chi connectivity index (χ0v) is 21.0. The van der Waals surface area contributed by atoms with Gasteiger partial charge in [0.1, 0.15) is 12.2 Å². The van der Waals surface area contributed by atoms with Gasteiger partial charge < -0.3 is 14.4 Å². The first-order chi connectivity index (χ1) is 17.8. The molecule has 2 aromatic carbocycles. The van der Waals surface area contributed by atoms with Gasteiger partial charge in [-0.25, -0.2) is 4.98 Å². The summed E-state index contributed by atoms with van der Waals surface area (Å²) in [6.45, 7) is 6.07. The van der Waals surface area contributed by atoms with Gasteiger partial charge in [0.2, 0.25) is 0 Å². The summed E-state index contributed by atoms with van der Waals surface area (Å²) in [5.41, 5.74) is 6.11. The fourth-order valence-corrected chi connectivity index (χ4v) is 5.57. The van der Waals surface area contributed by atoms with Gasteiger partial charge in [0.25, 0.3) is 5.56 Å². The summed E-state index contributed by atoms with van der Waals surface area (Å²) < 4.78 is 6.95. The number of hydrogen-bond donors (Lipinski definition) is 1. The van der Waals surface area contributed by atoms with Gasteiger partial charge in [-0.3, -0.25) is 14.6 Å². The predicted octanol–water partition coefficient (Wildman–Crippen LogP) is 4.84. The van der Waals surface area contributed by atoms with E-state index >= 15 is 0 Å². The van der Waals surface area contributed by atoms with Crippen LogP contribution in [0.1, 0.15) is 53.1 Å². The fraction of sp³-hybridized carbons (Fsp3) is 0.267. The van der Waals surface area contributed by atoms with Crippen molar-refractivity contribution in [3.8, 4) is 11.4 Å². The number of esters is 1. The molecular weight excluding hydrogens is 466 g/mol. The van der Waals surface area contributed by atoms with Gasteiger partial charge >= 0.3 is 5.97 Å². The molecule has 7 heteroatoms. The molecule has 1 N–H and O–H groups in total. The van der Waals surface area contributed by atoms with Crippen molar-refractivity contribution in [2.75, 3.05) is 0 Å². The summed E-state index contributed by atoms with van der Waals surface area (Å²) in [4.78, 5) is 35.6. The largest absolute Gasteiger partial charge is 0.460 e. The number of carbonyl (C=O) groups excluding carboxylic acids is 1. The summed E-state index contributed by atoms with van der Waals surface area (Å²) in [5.74, 6) is -0.514. The maximum Gasteiger partial charge on any atom is 0.309 e. The molecule has 37 heavy (non-hydrogen) atoms. The van der Waals surface area contributed by atoms with Crippen molar-refractivity contribution in [1.29, 1.82) is 0 Å². The lowest BCUT2D eigenvalue weighted by atomic mass is 9.85. The SMILES string of the molecule is CCC1(O)CC(=O)OCc2c1cc1n(c2=O)Cc2c-1nc1ccccc1c2C=Nc1cc(C)cc(C)c1. The molecule has 0 saturated heterocycles. The van der Waals surface area contributed by atoms with Crippen LogP contribution < -0.4 is 5.56 Å². The van der Waals surface area contributed by atoms with Gasteiger partial charge in [-0.05, 0) is 61.2 Å². The number of aliphatic hydroxyl groups is 1. The van der Waals surface area contributed by atoms with Gasteiger partial charge in [-0.2, -0.15) is 0 Å². The molecular formula is C30H27N3O4. The van der Waals surface area contributed by atoms with Crippen LogP contribution in [0.3, 0.4) is 0 Å². The third kappa shape index (κ3) is 3.78. The van der Waals surface area contributed by atoms with Gasteiger partial charge in [-0.1, -0.05) is 31.2 Å². The van der Waals surface area contributed by atoms with Gasteiger partial charge in [-0.15, -0.1) is 0 Å². The molecule has 0 aliphatic carbocycles. The van der Waals surface area contributed by atoms with Crippen LogP contribution in [0.5, 0.6) is 0 Å². The van der Waals surface area contributed by atoms with E-state index in [1.165, 1.54) is 0 Å². The molecule has 0 fully saturated rings. The molecule has 0 radical (unpaired) electrons. The molecule has 4 heterocycles. The highest BCUT2D eigenvalue weighted by Crippen LogP contribution is 2.40. The van der Waals surface area contributed by atoms with Gasteiger partial charge in [0.15, 0.2) is 0 Å². The fourth-order valence-electron chi connectivity index (χ4n) is 5.57. The molecule has 0 bridgehead atoms. The van der Waals surface area contributed by atoms with Crippen molar-refractivity contribution in [2.45, 2.75) is 52.4 Å². The first-order valence-corrected chi connectivity index (χ1v) is 12.5. The maximum absolute atomic E-state index is 13.7. The quantitative estimate of drug-likeness (QED) is 0.287. The molecule has 7 nitrogen and oxygen atoms in total. The van der Waals surface area contributed by atoms with E-state index in [1.54, 1.807) is 11.5 Å². The number of carbonyl (C=O) groups is 1. The Morgan fingerprint density at radius 1 is 1.11 bits per heavy atom. The summed E-state index contributed by atoms with van der Waals surface area (Å²) in [6.07, 6.45) is 1.96. The molecule has 1 atom stereocenters. The lowest BCUT2D eigenvalue weighted by Crippen LogP contribution is -2.32. The second kappa shape index (κ2) is 8.49. The normalized spacial score (nSPS) is 18.4. The number of aryl methyl sites for hydroxylation is 2. The van der Waals surface area contributed by atoms with E-state index < -0.39 is 11.6 Å². The van der Waals surface area contributed by atoms with Crippen LogP contribution in [0.4, 0.5) is 5.69 Å². The molecule has 2 aliphatic rings. The van der Waals surface area contributed by atoms with E-state index in [2.05, 4.69) is 6.07 Å². The summed E-state index contributed by atoms with van der Waals surface area (Å²) in [6, 6.07) is 15.9. The molecule has 1 unspecified atom stereocenters. The summed E-state index contributed by atoms with van der Waals surface area (Å²) in [7, 11) is 0. The van der Waals surface area contributed by atoms with E-state index in [-0.39, 0.29) is 25.0 Å². The first-order valence-electron chi connectivity index (χ1n) is 12.5. The number of para-hydroxylation sites is 1. The third-order valence-corrected chi connectivity index (χ3v) is 7.45. The van der Waals surface area contributed by atoms with Crippen molar-refractivity contribution in [3.05, 3.63) is 92.3 Å². The number of ether oxygens (including phenoxy) is 1. The minimum absolute atomic E-state index is 0.150. The smallest absolute Gasteiger partial charge is 0.309 e. The van der Waals surface area contributed by atoms with Crippen LogP contribution in [0.25, 0.3) is 22.3 Å². The van der Waals surface area contributed by atoms with Crippen LogP contribution in [-0.2, 0) is 28.3 Å². The standard InChI is InChI=1S/C30H27N3O4/c1-4-30(36)13-27(34)37-16-23-24(30)12-26-28-22(15-33(26)29(23)35)21(20-7-5-6-8-25(20)32-28)14-31-19-10-17(2)9-18(3)11-19/h5-12,14,36H,4,13,15-16H2,1-3H3. The maximum atomic E-state index is 13.7. The Kier molecular flexibility index (Phi) is 5.35. The Balaban J connectivity index is 1.58. The second-order valence-corrected chi connectivity index (χ2v) is 10.0. The number of rotatable bonds is 3. The highest BCUT2D eigenvalue weighted by atomic mass is 16.5. The summed E-state index contributed by atoms with van der Waals surface area (Å²) >= 11 is 0. The Morgan fingerprint density at radius 2 is 1.86 bits per heavy atom. The molecule has 2 aliphatic heterocycles. The number of benzene rings is 2. The van der Waals surface area contributed by atoms with Crippen LogP contribution >= 0.6 is 0 Å². The second-order valence-electron chi connectivity index (χ2n) is 10.0.